The van der Waals surface area contributed by atoms with Gasteiger partial charge >= 0.3 is 5.97 Å². The van der Waals surface area contributed by atoms with Crippen LogP contribution in [0.1, 0.15) is 5.56 Å². The number of aliphatic carboxylic acids is 1. The van der Waals surface area contributed by atoms with Crippen LogP contribution in [0.2, 0.25) is 0 Å². The van der Waals surface area contributed by atoms with Gasteiger partial charge in [-0.2, -0.15) is 4.99 Å². The second-order valence-electron chi connectivity index (χ2n) is 2.47. The molecule has 0 radical (unpaired) electrons. The number of hydrogen-bond donors (Lipinski definition) is 1. The van der Waals surface area contributed by atoms with E-state index in [1.165, 1.54) is 6.08 Å². The van der Waals surface area contributed by atoms with Crippen LogP contribution in [0.3, 0.4) is 0 Å². The minimum Gasteiger partial charge on any atom is -0.478 e. The molecular formula is C10H7NO2S. The molecule has 0 fully saturated rings. The SMILES string of the molecule is O=C(O)/C=C/c1cccc(N=C=S)c1. The molecule has 1 N–H and O–H groups in total. The first kappa shape index (κ1) is 10.3. The van der Waals surface area contributed by atoms with Crippen LogP contribution in [0.4, 0.5) is 5.69 Å². The van der Waals surface area contributed by atoms with E-state index in [9.17, 15) is 4.79 Å². The molecule has 0 saturated heterocycles. The average Bonchev–Trinajstić information content (AvgIpc) is 2.16. The van der Waals surface area contributed by atoms with Gasteiger partial charge < -0.3 is 5.11 Å². The molecule has 0 bridgehead atoms. The number of nitrogens with zero attached hydrogens (tertiary/aromatic N) is 1. The summed E-state index contributed by atoms with van der Waals surface area (Å²) in [5.41, 5.74) is 1.42. The van der Waals surface area contributed by atoms with Crippen molar-refractivity contribution in [3.8, 4) is 0 Å². The summed E-state index contributed by atoms with van der Waals surface area (Å²) in [6.07, 6.45) is 2.56. The Hall–Kier alpha value is -1.77. The predicted molar refractivity (Wildman–Crippen MR) is 57.8 cm³/mol. The maximum atomic E-state index is 10.2. The zero-order chi connectivity index (χ0) is 10.4. The minimum atomic E-state index is -0.978. The third-order valence-corrected chi connectivity index (χ3v) is 1.55. The molecule has 1 rings (SSSR count). The molecule has 70 valence electrons. The number of carbonyl (C=O) groups is 1. The third kappa shape index (κ3) is 3.31. The lowest BCUT2D eigenvalue weighted by molar-refractivity contribution is -0.131. The van der Waals surface area contributed by atoms with Crippen molar-refractivity contribution in [2.45, 2.75) is 0 Å². The fraction of sp³-hybridized carbons (Fsp3) is 0. The van der Waals surface area contributed by atoms with E-state index in [0.717, 1.165) is 11.6 Å². The van der Waals surface area contributed by atoms with Crippen molar-refractivity contribution < 1.29 is 9.90 Å². The normalized spacial score (nSPS) is 9.71. The van der Waals surface area contributed by atoms with Gasteiger partial charge in [0, 0.05) is 6.08 Å². The first-order valence-electron chi connectivity index (χ1n) is 3.81. The molecule has 0 aromatic heterocycles. The van der Waals surface area contributed by atoms with E-state index in [1.54, 1.807) is 24.3 Å². The highest BCUT2D eigenvalue weighted by Gasteiger charge is 1.91. The fourth-order valence-electron chi connectivity index (χ4n) is 0.918. The van der Waals surface area contributed by atoms with Gasteiger partial charge in [0.15, 0.2) is 0 Å². The van der Waals surface area contributed by atoms with Gasteiger partial charge in [-0.05, 0) is 36.0 Å². The van der Waals surface area contributed by atoms with E-state index in [1.807, 2.05) is 0 Å². The molecule has 14 heavy (non-hydrogen) atoms. The summed E-state index contributed by atoms with van der Waals surface area (Å²) in [5.74, 6) is -0.978. The third-order valence-electron chi connectivity index (χ3n) is 1.46. The molecule has 0 amide bonds. The lowest BCUT2D eigenvalue weighted by Gasteiger charge is -1.93. The Morgan fingerprint density at radius 1 is 1.57 bits per heavy atom. The zero-order valence-electron chi connectivity index (χ0n) is 7.18. The maximum Gasteiger partial charge on any atom is 0.328 e. The maximum absolute atomic E-state index is 10.2. The summed E-state index contributed by atoms with van der Waals surface area (Å²) >= 11 is 4.45. The molecule has 0 unspecified atom stereocenters. The standard InChI is InChI=1S/C10H7NO2S/c12-10(13)5-4-8-2-1-3-9(6-8)11-7-14/h1-6H,(H,12,13)/b5-4+. The fourth-order valence-corrected chi connectivity index (χ4v) is 1.02. The van der Waals surface area contributed by atoms with Crippen LogP contribution in [0.15, 0.2) is 35.3 Å². The van der Waals surface area contributed by atoms with Gasteiger partial charge in [-0.25, -0.2) is 4.79 Å². The molecule has 0 aliphatic heterocycles. The Kier molecular flexibility index (Phi) is 3.73. The Morgan fingerprint density at radius 3 is 3.00 bits per heavy atom. The molecule has 0 spiro atoms. The lowest BCUT2D eigenvalue weighted by atomic mass is 10.2. The highest BCUT2D eigenvalue weighted by Crippen LogP contribution is 2.14. The van der Waals surface area contributed by atoms with E-state index < -0.39 is 5.97 Å². The van der Waals surface area contributed by atoms with Gasteiger partial charge in [0.2, 0.25) is 0 Å². The van der Waals surface area contributed by atoms with E-state index >= 15 is 0 Å². The first-order valence-corrected chi connectivity index (χ1v) is 4.22. The summed E-state index contributed by atoms with van der Waals surface area (Å²) < 4.78 is 0. The summed E-state index contributed by atoms with van der Waals surface area (Å²) in [7, 11) is 0. The van der Waals surface area contributed by atoms with Crippen LogP contribution in [0.5, 0.6) is 0 Å². The molecular weight excluding hydrogens is 198 g/mol. The number of carboxylic acid groups (broad SMARTS) is 1. The summed E-state index contributed by atoms with van der Waals surface area (Å²) in [4.78, 5) is 14.0. The van der Waals surface area contributed by atoms with Gasteiger partial charge in [0.25, 0.3) is 0 Å². The van der Waals surface area contributed by atoms with Crippen molar-refractivity contribution >= 4 is 35.1 Å². The number of benzene rings is 1. The zero-order valence-corrected chi connectivity index (χ0v) is 7.99. The monoisotopic (exact) mass is 205 g/mol. The lowest BCUT2D eigenvalue weighted by Crippen LogP contribution is -1.85. The molecule has 0 atom stereocenters. The van der Waals surface area contributed by atoms with E-state index in [2.05, 4.69) is 22.4 Å². The number of thiocarbonyl (C=S) groups is 1. The van der Waals surface area contributed by atoms with Crippen LogP contribution >= 0.6 is 12.2 Å². The Labute approximate surface area is 86.4 Å². The van der Waals surface area contributed by atoms with Crippen molar-refractivity contribution in [3.05, 3.63) is 35.9 Å². The Bertz CT molecular complexity index is 420. The number of aliphatic imine (C=N–C) groups is 1. The van der Waals surface area contributed by atoms with Gasteiger partial charge in [-0.3, -0.25) is 0 Å². The molecule has 0 saturated carbocycles. The Balaban J connectivity index is 2.94. The van der Waals surface area contributed by atoms with Crippen LogP contribution in [0.25, 0.3) is 6.08 Å². The number of rotatable bonds is 3. The number of carboxylic acids is 1. The predicted octanol–water partition coefficient (Wildman–Crippen LogP) is 2.52. The van der Waals surface area contributed by atoms with Gasteiger partial charge in [0.1, 0.15) is 0 Å². The summed E-state index contributed by atoms with van der Waals surface area (Å²) in [6.45, 7) is 0. The van der Waals surface area contributed by atoms with Crippen LogP contribution in [0, 0.1) is 0 Å². The Morgan fingerprint density at radius 2 is 2.36 bits per heavy atom. The van der Waals surface area contributed by atoms with Crippen LogP contribution in [-0.4, -0.2) is 16.2 Å². The van der Waals surface area contributed by atoms with Crippen molar-refractivity contribution in [3.63, 3.8) is 0 Å². The van der Waals surface area contributed by atoms with Crippen molar-refractivity contribution in [2.75, 3.05) is 0 Å². The highest BCUT2D eigenvalue weighted by atomic mass is 32.1. The molecule has 1 aromatic rings. The quantitative estimate of drug-likeness (QED) is 0.468. The molecule has 0 heterocycles. The summed E-state index contributed by atoms with van der Waals surface area (Å²) in [5, 5.41) is 10.7. The topological polar surface area (TPSA) is 49.7 Å². The van der Waals surface area contributed by atoms with Gasteiger partial charge in [-0.15, -0.1) is 0 Å². The average molecular weight is 205 g/mol. The minimum absolute atomic E-state index is 0.660. The van der Waals surface area contributed by atoms with Gasteiger partial charge in [0.05, 0.1) is 10.8 Å². The van der Waals surface area contributed by atoms with E-state index in [-0.39, 0.29) is 0 Å². The van der Waals surface area contributed by atoms with E-state index in [4.69, 9.17) is 5.11 Å². The van der Waals surface area contributed by atoms with Crippen molar-refractivity contribution in [1.29, 1.82) is 0 Å². The highest BCUT2D eigenvalue weighted by molar-refractivity contribution is 7.78. The molecule has 3 nitrogen and oxygen atoms in total. The molecule has 1 aromatic carbocycles. The second-order valence-corrected chi connectivity index (χ2v) is 2.65. The van der Waals surface area contributed by atoms with Crippen LogP contribution < -0.4 is 0 Å². The summed E-state index contributed by atoms with van der Waals surface area (Å²) in [6, 6.07) is 7.03. The van der Waals surface area contributed by atoms with E-state index in [0.29, 0.717) is 5.69 Å². The van der Waals surface area contributed by atoms with Crippen molar-refractivity contribution in [1.82, 2.24) is 0 Å². The smallest absolute Gasteiger partial charge is 0.328 e. The number of hydrogen-bond acceptors (Lipinski definition) is 3. The van der Waals surface area contributed by atoms with Crippen LogP contribution in [-0.2, 0) is 4.79 Å². The largest absolute Gasteiger partial charge is 0.478 e. The molecule has 0 aliphatic rings. The second kappa shape index (κ2) is 5.07. The molecule has 4 heteroatoms. The number of isothiocyanates is 1. The van der Waals surface area contributed by atoms with Gasteiger partial charge in [-0.1, -0.05) is 12.1 Å². The van der Waals surface area contributed by atoms with Crippen molar-refractivity contribution in [2.24, 2.45) is 4.99 Å². The molecule has 0 aliphatic carbocycles. The first-order chi connectivity index (χ1) is 6.72.